The van der Waals surface area contributed by atoms with Gasteiger partial charge < -0.3 is 10.4 Å². The SMILES string of the molecule is CC(O)CC(C)Nc1c(F)c(F)nc(F)c1F. The average Bonchev–Trinajstić information content (AvgIpc) is 2.20. The Kier molecular flexibility index (Phi) is 4.28. The Morgan fingerprint density at radius 2 is 1.59 bits per heavy atom. The van der Waals surface area contributed by atoms with Crippen LogP contribution in [0.15, 0.2) is 0 Å². The first-order valence-electron chi connectivity index (χ1n) is 4.97. The molecule has 96 valence electrons. The van der Waals surface area contributed by atoms with E-state index in [1.165, 1.54) is 13.8 Å². The monoisotopic (exact) mass is 252 g/mol. The van der Waals surface area contributed by atoms with Gasteiger partial charge in [-0.3, -0.25) is 0 Å². The molecule has 0 saturated heterocycles. The maximum atomic E-state index is 13.2. The molecule has 0 fully saturated rings. The molecule has 0 radical (unpaired) electrons. The number of aromatic nitrogens is 1. The highest BCUT2D eigenvalue weighted by atomic mass is 19.2. The summed E-state index contributed by atoms with van der Waals surface area (Å²) in [5.41, 5.74) is -0.914. The van der Waals surface area contributed by atoms with Gasteiger partial charge in [0.1, 0.15) is 5.69 Å². The first-order valence-corrected chi connectivity index (χ1v) is 4.97. The molecule has 0 aliphatic rings. The van der Waals surface area contributed by atoms with E-state index in [0.717, 1.165) is 0 Å². The van der Waals surface area contributed by atoms with E-state index >= 15 is 0 Å². The van der Waals surface area contributed by atoms with Crippen molar-refractivity contribution in [3.63, 3.8) is 0 Å². The number of aliphatic hydroxyl groups is 1. The van der Waals surface area contributed by atoms with E-state index in [-0.39, 0.29) is 6.42 Å². The molecule has 17 heavy (non-hydrogen) atoms. The van der Waals surface area contributed by atoms with Crippen molar-refractivity contribution in [2.24, 2.45) is 0 Å². The molecule has 2 unspecified atom stereocenters. The van der Waals surface area contributed by atoms with Crippen LogP contribution in [-0.4, -0.2) is 22.2 Å². The lowest BCUT2D eigenvalue weighted by molar-refractivity contribution is 0.179. The molecule has 0 aliphatic heterocycles. The second kappa shape index (κ2) is 5.31. The quantitative estimate of drug-likeness (QED) is 0.638. The molecule has 1 aromatic heterocycles. The van der Waals surface area contributed by atoms with Crippen molar-refractivity contribution in [3.8, 4) is 0 Å². The zero-order chi connectivity index (χ0) is 13.2. The highest BCUT2D eigenvalue weighted by Crippen LogP contribution is 2.23. The molecule has 1 heterocycles. The van der Waals surface area contributed by atoms with E-state index in [1.807, 2.05) is 0 Å². The minimum absolute atomic E-state index is 0.171. The Morgan fingerprint density at radius 1 is 1.12 bits per heavy atom. The first-order chi connectivity index (χ1) is 7.82. The third-order valence-electron chi connectivity index (χ3n) is 2.08. The van der Waals surface area contributed by atoms with Gasteiger partial charge in [0.05, 0.1) is 6.10 Å². The van der Waals surface area contributed by atoms with Crippen LogP contribution in [0.1, 0.15) is 20.3 Å². The highest BCUT2D eigenvalue weighted by Gasteiger charge is 2.22. The maximum absolute atomic E-state index is 13.2. The van der Waals surface area contributed by atoms with E-state index in [2.05, 4.69) is 10.3 Å². The third kappa shape index (κ3) is 3.29. The normalized spacial score (nSPS) is 14.5. The fraction of sp³-hybridized carbons (Fsp3) is 0.500. The van der Waals surface area contributed by atoms with Gasteiger partial charge in [0.2, 0.25) is 11.6 Å². The van der Waals surface area contributed by atoms with Crippen molar-refractivity contribution in [3.05, 3.63) is 23.5 Å². The Hall–Kier alpha value is -1.37. The largest absolute Gasteiger partial charge is 0.393 e. The number of halogens is 4. The standard InChI is InChI=1S/C10H12F4N2O/c1-4(3-5(2)17)15-8-6(11)9(13)16-10(14)7(8)12/h4-5,17H,3H2,1-2H3,(H,15,16). The summed E-state index contributed by atoms with van der Waals surface area (Å²) in [4.78, 5) is 2.43. The molecule has 2 atom stereocenters. The third-order valence-corrected chi connectivity index (χ3v) is 2.08. The number of nitrogens with one attached hydrogen (secondary N) is 1. The molecule has 0 spiro atoms. The van der Waals surface area contributed by atoms with Crippen LogP contribution in [0.3, 0.4) is 0 Å². The molecule has 2 N–H and O–H groups in total. The van der Waals surface area contributed by atoms with Crippen LogP contribution in [-0.2, 0) is 0 Å². The Balaban J connectivity index is 2.97. The molecule has 0 bridgehead atoms. The predicted octanol–water partition coefficient (Wildman–Crippen LogP) is 2.21. The molecule has 0 saturated carbocycles. The summed E-state index contributed by atoms with van der Waals surface area (Å²) < 4.78 is 51.8. The van der Waals surface area contributed by atoms with Gasteiger partial charge >= 0.3 is 0 Å². The van der Waals surface area contributed by atoms with Crippen LogP contribution in [0.4, 0.5) is 23.2 Å². The number of pyridine rings is 1. The topological polar surface area (TPSA) is 45.1 Å². The van der Waals surface area contributed by atoms with Crippen LogP contribution in [0.2, 0.25) is 0 Å². The first kappa shape index (κ1) is 13.7. The smallest absolute Gasteiger partial charge is 0.253 e. The van der Waals surface area contributed by atoms with Gasteiger partial charge in [-0.15, -0.1) is 0 Å². The van der Waals surface area contributed by atoms with Crippen molar-refractivity contribution in [1.82, 2.24) is 4.98 Å². The summed E-state index contributed by atoms with van der Waals surface area (Å²) in [5.74, 6) is -6.59. The second-order valence-electron chi connectivity index (χ2n) is 3.83. The van der Waals surface area contributed by atoms with Crippen molar-refractivity contribution >= 4 is 5.69 Å². The minimum atomic E-state index is -1.71. The number of aliphatic hydroxyl groups excluding tert-OH is 1. The van der Waals surface area contributed by atoms with Gasteiger partial charge in [-0.1, -0.05) is 0 Å². The summed E-state index contributed by atoms with van der Waals surface area (Å²) in [6, 6.07) is -0.555. The summed E-state index contributed by atoms with van der Waals surface area (Å²) >= 11 is 0. The fourth-order valence-electron chi connectivity index (χ4n) is 1.43. The zero-order valence-corrected chi connectivity index (χ0v) is 9.27. The molecular weight excluding hydrogens is 240 g/mol. The number of hydrogen-bond donors (Lipinski definition) is 2. The van der Waals surface area contributed by atoms with Gasteiger partial charge in [-0.2, -0.15) is 22.5 Å². The minimum Gasteiger partial charge on any atom is -0.393 e. The number of nitrogens with zero attached hydrogens (tertiary/aromatic N) is 1. The van der Waals surface area contributed by atoms with E-state index in [4.69, 9.17) is 5.11 Å². The lowest BCUT2D eigenvalue weighted by atomic mass is 10.1. The zero-order valence-electron chi connectivity index (χ0n) is 9.27. The summed E-state index contributed by atoms with van der Waals surface area (Å²) in [7, 11) is 0. The lowest BCUT2D eigenvalue weighted by Crippen LogP contribution is -2.23. The average molecular weight is 252 g/mol. The predicted molar refractivity (Wildman–Crippen MR) is 53.5 cm³/mol. The van der Waals surface area contributed by atoms with Crippen molar-refractivity contribution in [2.75, 3.05) is 5.32 Å². The highest BCUT2D eigenvalue weighted by molar-refractivity contribution is 5.46. The second-order valence-corrected chi connectivity index (χ2v) is 3.83. The van der Waals surface area contributed by atoms with Crippen molar-refractivity contribution in [1.29, 1.82) is 0 Å². The van der Waals surface area contributed by atoms with Gasteiger partial charge in [-0.05, 0) is 20.3 Å². The van der Waals surface area contributed by atoms with Crippen LogP contribution in [0.25, 0.3) is 0 Å². The van der Waals surface area contributed by atoms with E-state index in [9.17, 15) is 17.6 Å². The summed E-state index contributed by atoms with van der Waals surface area (Å²) in [6.45, 7) is 3.00. The number of rotatable bonds is 4. The molecule has 0 aliphatic carbocycles. The Bertz CT molecular complexity index is 386. The van der Waals surface area contributed by atoms with Crippen LogP contribution in [0.5, 0.6) is 0 Å². The van der Waals surface area contributed by atoms with Crippen LogP contribution in [0, 0.1) is 23.5 Å². The molecule has 1 rings (SSSR count). The number of anilines is 1. The van der Waals surface area contributed by atoms with Gasteiger partial charge in [0.25, 0.3) is 11.9 Å². The maximum Gasteiger partial charge on any atom is 0.253 e. The van der Waals surface area contributed by atoms with Gasteiger partial charge in [0, 0.05) is 6.04 Å². The number of hydrogen-bond acceptors (Lipinski definition) is 3. The summed E-state index contributed by atoms with van der Waals surface area (Å²) in [6.07, 6.45) is -0.537. The van der Waals surface area contributed by atoms with Crippen molar-refractivity contribution in [2.45, 2.75) is 32.4 Å². The van der Waals surface area contributed by atoms with Crippen molar-refractivity contribution < 1.29 is 22.7 Å². The van der Waals surface area contributed by atoms with E-state index in [0.29, 0.717) is 0 Å². The molecule has 1 aromatic rings. The molecule has 3 nitrogen and oxygen atoms in total. The Morgan fingerprint density at radius 3 is 2.00 bits per heavy atom. The molecule has 0 amide bonds. The lowest BCUT2D eigenvalue weighted by Gasteiger charge is -2.17. The van der Waals surface area contributed by atoms with Gasteiger partial charge in [-0.25, -0.2) is 0 Å². The Labute approximate surface area is 95.5 Å². The summed E-state index contributed by atoms with van der Waals surface area (Å²) in [5, 5.41) is 11.3. The molecular formula is C10H12F4N2O. The fourth-order valence-corrected chi connectivity index (χ4v) is 1.43. The van der Waals surface area contributed by atoms with Gasteiger partial charge in [0.15, 0.2) is 0 Å². The van der Waals surface area contributed by atoms with Crippen LogP contribution >= 0.6 is 0 Å². The van der Waals surface area contributed by atoms with E-state index < -0.39 is 41.4 Å². The molecule has 7 heteroatoms. The molecule has 0 aromatic carbocycles. The van der Waals surface area contributed by atoms with E-state index in [1.54, 1.807) is 0 Å². The van der Waals surface area contributed by atoms with Crippen LogP contribution < -0.4 is 5.32 Å².